The van der Waals surface area contributed by atoms with E-state index in [0.29, 0.717) is 32.9 Å². The molecule has 0 spiro atoms. The summed E-state index contributed by atoms with van der Waals surface area (Å²) in [5.74, 6) is -0.379. The van der Waals surface area contributed by atoms with Crippen LogP contribution in [0.25, 0.3) is 21.9 Å². The number of nitrogens with one attached hydrogen (secondary N) is 1. The highest BCUT2D eigenvalue weighted by Crippen LogP contribution is 2.29. The zero-order valence-electron chi connectivity index (χ0n) is 16.6. The lowest BCUT2D eigenvalue weighted by molar-refractivity contribution is 0.0952. The van der Waals surface area contributed by atoms with Gasteiger partial charge in [-0.25, -0.2) is 4.39 Å². The average Bonchev–Trinajstić information content (AvgIpc) is 2.79. The Morgan fingerprint density at radius 3 is 2.28 bits per heavy atom. The van der Waals surface area contributed by atoms with Crippen molar-refractivity contribution in [3.8, 4) is 11.1 Å². The van der Waals surface area contributed by atoms with Crippen LogP contribution in [0.1, 0.15) is 23.2 Å². The molecule has 3 nitrogen and oxygen atoms in total. The number of aliphatic hydroxyl groups excluding tert-OH is 1. The number of benzene rings is 3. The minimum Gasteiger partial charge on any atom is -0.396 e. The topological polar surface area (TPSA) is 49.3 Å². The van der Waals surface area contributed by atoms with Crippen molar-refractivity contribution in [1.29, 1.82) is 0 Å². The van der Waals surface area contributed by atoms with E-state index in [0.717, 1.165) is 28.3 Å². The summed E-state index contributed by atoms with van der Waals surface area (Å²) >= 11 is 0. The largest absolute Gasteiger partial charge is 0.396 e. The second kappa shape index (κ2) is 13.3. The van der Waals surface area contributed by atoms with Crippen LogP contribution in [0.15, 0.2) is 60.7 Å². The number of aliphatic hydroxyl groups is 1. The molecule has 0 aliphatic rings. The predicted molar refractivity (Wildman–Crippen MR) is 112 cm³/mol. The summed E-state index contributed by atoms with van der Waals surface area (Å²) in [6, 6.07) is 17.9. The molecule has 3 rings (SSSR count). The Kier molecular flexibility index (Phi) is 11.1. The number of unbranched alkanes of at least 4 members (excludes halogenated alkanes) is 1. The molecule has 0 aliphatic carbocycles. The van der Waals surface area contributed by atoms with Crippen LogP contribution in [0.4, 0.5) is 13.2 Å². The minimum absolute atomic E-state index is 0.118. The number of halogens is 3. The van der Waals surface area contributed by atoms with E-state index in [1.165, 1.54) is 12.1 Å². The molecule has 0 bridgehead atoms. The first-order valence-corrected chi connectivity index (χ1v) is 9.12. The maximum absolute atomic E-state index is 13.1. The molecule has 0 unspecified atom stereocenters. The van der Waals surface area contributed by atoms with E-state index < -0.39 is 0 Å². The zero-order chi connectivity index (χ0) is 21.6. The molecular formula is C23H26F3NO2. The molecule has 6 heteroatoms. The number of amides is 1. The highest BCUT2D eigenvalue weighted by Gasteiger charge is 2.09. The van der Waals surface area contributed by atoms with Gasteiger partial charge in [0.1, 0.15) is 5.82 Å². The number of hydrogen-bond acceptors (Lipinski definition) is 2. The van der Waals surface area contributed by atoms with Crippen molar-refractivity contribution in [3.05, 3.63) is 72.0 Å². The third-order valence-corrected chi connectivity index (χ3v) is 4.17. The third-order valence-electron chi connectivity index (χ3n) is 4.17. The first-order chi connectivity index (χ1) is 14.2. The smallest absolute Gasteiger partial charge is 0.251 e. The molecule has 2 N–H and O–H groups in total. The van der Waals surface area contributed by atoms with Gasteiger partial charge in [-0.05, 0) is 59.0 Å². The van der Waals surface area contributed by atoms with Crippen molar-refractivity contribution >= 4 is 16.7 Å². The van der Waals surface area contributed by atoms with Gasteiger partial charge in [-0.3, -0.25) is 13.6 Å². The first kappa shape index (κ1) is 24.2. The van der Waals surface area contributed by atoms with Crippen LogP contribution in [-0.4, -0.2) is 38.5 Å². The summed E-state index contributed by atoms with van der Waals surface area (Å²) in [6.07, 6.45) is 1.43. The number of alkyl halides is 2. The molecule has 0 atom stereocenters. The summed E-state index contributed by atoms with van der Waals surface area (Å²) in [7, 11) is 1.00. The van der Waals surface area contributed by atoms with Crippen LogP contribution in [0.2, 0.25) is 0 Å². The van der Waals surface area contributed by atoms with Gasteiger partial charge in [0.25, 0.3) is 5.91 Å². The van der Waals surface area contributed by atoms with Gasteiger partial charge in [-0.1, -0.05) is 36.4 Å². The molecule has 3 aromatic rings. The summed E-state index contributed by atoms with van der Waals surface area (Å²) in [6.45, 7) is 0.686. The Morgan fingerprint density at radius 2 is 1.62 bits per heavy atom. The zero-order valence-corrected chi connectivity index (χ0v) is 16.6. The van der Waals surface area contributed by atoms with Gasteiger partial charge in [0.05, 0.1) is 14.4 Å². The highest BCUT2D eigenvalue weighted by atomic mass is 19.1. The lowest BCUT2D eigenvalue weighted by Crippen LogP contribution is -2.24. The van der Waals surface area contributed by atoms with Gasteiger partial charge in [0, 0.05) is 18.7 Å². The third kappa shape index (κ3) is 6.91. The van der Waals surface area contributed by atoms with Crippen LogP contribution in [0.5, 0.6) is 0 Å². The number of carbonyl (C=O) groups is 1. The quantitative estimate of drug-likeness (QED) is 0.546. The second-order valence-electron chi connectivity index (χ2n) is 5.93. The fourth-order valence-corrected chi connectivity index (χ4v) is 2.85. The van der Waals surface area contributed by atoms with Gasteiger partial charge in [0.15, 0.2) is 0 Å². The Labute approximate surface area is 169 Å². The van der Waals surface area contributed by atoms with E-state index in [9.17, 15) is 18.0 Å². The molecule has 0 fully saturated rings. The molecule has 3 aromatic carbocycles. The molecule has 0 heterocycles. The SMILES string of the molecule is CF.CF.O=C(NCCCCO)c1ccc2c(-c3ccc(F)cc3)cccc2c1. The second-order valence-corrected chi connectivity index (χ2v) is 5.93. The molecule has 0 saturated heterocycles. The molecule has 156 valence electrons. The highest BCUT2D eigenvalue weighted by molar-refractivity contribution is 6.02. The molecule has 0 radical (unpaired) electrons. The molecule has 0 aliphatic heterocycles. The van der Waals surface area contributed by atoms with E-state index in [1.54, 1.807) is 18.2 Å². The Bertz CT molecular complexity index is 883. The first-order valence-electron chi connectivity index (χ1n) is 9.12. The van der Waals surface area contributed by atoms with Crippen LogP contribution in [0, 0.1) is 5.82 Å². The van der Waals surface area contributed by atoms with Gasteiger partial charge in [-0.2, -0.15) is 0 Å². The monoisotopic (exact) mass is 405 g/mol. The lowest BCUT2D eigenvalue weighted by atomic mass is 9.97. The molecule has 1 amide bonds. The summed E-state index contributed by atoms with van der Waals surface area (Å²) < 4.78 is 32.1. The Hall–Kier alpha value is -2.86. The number of rotatable bonds is 6. The Morgan fingerprint density at radius 1 is 0.931 bits per heavy atom. The number of hydrogen-bond donors (Lipinski definition) is 2. The summed E-state index contributed by atoms with van der Waals surface area (Å²) in [5, 5.41) is 13.6. The van der Waals surface area contributed by atoms with Crippen molar-refractivity contribution < 1.29 is 23.1 Å². The van der Waals surface area contributed by atoms with Crippen LogP contribution in [-0.2, 0) is 0 Å². The average molecular weight is 405 g/mol. The fraction of sp³-hybridized carbons (Fsp3) is 0.261. The van der Waals surface area contributed by atoms with Gasteiger partial charge < -0.3 is 10.4 Å². The van der Waals surface area contributed by atoms with Crippen molar-refractivity contribution in [2.24, 2.45) is 0 Å². The van der Waals surface area contributed by atoms with Gasteiger partial charge >= 0.3 is 0 Å². The fourth-order valence-electron chi connectivity index (χ4n) is 2.85. The standard InChI is InChI=1S/C21H20FNO2.2CH3F/c22-18-9-6-15(7-10-18)19-5-3-4-16-14-17(8-11-20(16)19)21(25)23-12-1-2-13-24;2*1-2/h3-11,14,24H,1-2,12-13H2,(H,23,25);2*1H3. The molecular weight excluding hydrogens is 379 g/mol. The van der Waals surface area contributed by atoms with Crippen molar-refractivity contribution in [1.82, 2.24) is 5.32 Å². The summed E-state index contributed by atoms with van der Waals surface area (Å²) in [5.41, 5.74) is 2.55. The molecule has 0 aromatic heterocycles. The van der Waals surface area contributed by atoms with E-state index in [4.69, 9.17) is 5.11 Å². The van der Waals surface area contributed by atoms with Crippen LogP contribution < -0.4 is 5.32 Å². The maximum Gasteiger partial charge on any atom is 0.251 e. The van der Waals surface area contributed by atoms with E-state index in [-0.39, 0.29) is 18.3 Å². The van der Waals surface area contributed by atoms with Crippen molar-refractivity contribution in [2.45, 2.75) is 12.8 Å². The molecule has 0 saturated carbocycles. The van der Waals surface area contributed by atoms with E-state index in [1.807, 2.05) is 30.3 Å². The van der Waals surface area contributed by atoms with Crippen LogP contribution >= 0.6 is 0 Å². The minimum atomic E-state index is -0.260. The summed E-state index contributed by atoms with van der Waals surface area (Å²) in [4.78, 5) is 12.2. The van der Waals surface area contributed by atoms with E-state index >= 15 is 0 Å². The maximum atomic E-state index is 13.1. The normalized spacial score (nSPS) is 9.72. The lowest BCUT2D eigenvalue weighted by Gasteiger charge is -2.09. The van der Waals surface area contributed by atoms with Crippen LogP contribution in [0.3, 0.4) is 0 Å². The van der Waals surface area contributed by atoms with Crippen molar-refractivity contribution in [2.75, 3.05) is 27.5 Å². The van der Waals surface area contributed by atoms with Gasteiger partial charge in [-0.15, -0.1) is 0 Å². The number of fused-ring (bicyclic) bond motifs is 1. The molecule has 29 heavy (non-hydrogen) atoms. The van der Waals surface area contributed by atoms with Crippen molar-refractivity contribution in [3.63, 3.8) is 0 Å². The Balaban J connectivity index is 0.000000989. The number of carbonyl (C=O) groups excluding carboxylic acids is 1. The van der Waals surface area contributed by atoms with E-state index in [2.05, 4.69) is 5.32 Å². The predicted octanol–water partition coefficient (Wildman–Crippen LogP) is 5.32. The van der Waals surface area contributed by atoms with Gasteiger partial charge in [0.2, 0.25) is 0 Å².